The number of esters is 1. The zero-order chi connectivity index (χ0) is 21.7. The van der Waals surface area contributed by atoms with Crippen LogP contribution in [0, 0.1) is 13.8 Å². The van der Waals surface area contributed by atoms with E-state index in [1.807, 2.05) is 29.2 Å². The molecule has 1 aliphatic rings. The third kappa shape index (κ3) is 4.76. The quantitative estimate of drug-likeness (QED) is 0.699. The molecule has 8 nitrogen and oxygen atoms in total. The highest BCUT2D eigenvalue weighted by Gasteiger charge is 2.27. The van der Waals surface area contributed by atoms with Crippen LogP contribution < -0.4 is 9.47 Å². The normalized spacial score (nSPS) is 14.5. The van der Waals surface area contributed by atoms with Gasteiger partial charge >= 0.3 is 5.97 Å². The summed E-state index contributed by atoms with van der Waals surface area (Å²) in [6.07, 6.45) is 0. The second-order valence-electron chi connectivity index (χ2n) is 7.27. The molecule has 0 radical (unpaired) electrons. The third-order valence-electron chi connectivity index (χ3n) is 5.44. The number of H-pyrrole nitrogens is 1. The smallest absolute Gasteiger partial charge is 0.339 e. The first-order chi connectivity index (χ1) is 14.4. The SMILES string of the molecule is COC(=O)c1c(C)[nH]c(C(=O)N2CCN(CCOc3ccc(OC)cc3)CC2)c1C. The third-order valence-corrected chi connectivity index (χ3v) is 5.44. The van der Waals surface area contributed by atoms with Crippen molar-refractivity contribution in [1.82, 2.24) is 14.8 Å². The number of piperazine rings is 1. The number of hydrogen-bond donors (Lipinski definition) is 1. The molecule has 1 amide bonds. The highest BCUT2D eigenvalue weighted by molar-refractivity contribution is 6.00. The zero-order valence-corrected chi connectivity index (χ0v) is 18.0. The topological polar surface area (TPSA) is 84.1 Å². The molecule has 0 atom stereocenters. The van der Waals surface area contributed by atoms with Crippen molar-refractivity contribution >= 4 is 11.9 Å². The number of carbonyl (C=O) groups is 2. The van der Waals surface area contributed by atoms with Gasteiger partial charge in [0.15, 0.2) is 0 Å². The van der Waals surface area contributed by atoms with E-state index in [2.05, 4.69) is 9.88 Å². The fraction of sp³-hybridized carbons (Fsp3) is 0.455. The average Bonchev–Trinajstić information content (AvgIpc) is 3.07. The Kier molecular flexibility index (Phi) is 6.99. The molecule has 8 heteroatoms. The van der Waals surface area contributed by atoms with Crippen LogP contribution in [0.4, 0.5) is 0 Å². The molecule has 0 bridgehead atoms. The molecule has 162 valence electrons. The first-order valence-electron chi connectivity index (χ1n) is 10.0. The number of aryl methyl sites for hydroxylation is 1. The van der Waals surface area contributed by atoms with Crippen molar-refractivity contribution in [1.29, 1.82) is 0 Å². The molecule has 1 aromatic heterocycles. The molecule has 0 saturated carbocycles. The van der Waals surface area contributed by atoms with Gasteiger partial charge in [-0.25, -0.2) is 4.79 Å². The fourth-order valence-electron chi connectivity index (χ4n) is 3.67. The number of aromatic nitrogens is 1. The predicted octanol–water partition coefficient (Wildman–Crippen LogP) is 2.26. The van der Waals surface area contributed by atoms with Gasteiger partial charge in [0.05, 0.1) is 19.8 Å². The minimum Gasteiger partial charge on any atom is -0.497 e. The molecule has 3 rings (SSSR count). The van der Waals surface area contributed by atoms with E-state index in [9.17, 15) is 9.59 Å². The number of benzene rings is 1. The van der Waals surface area contributed by atoms with Crippen molar-refractivity contribution in [2.24, 2.45) is 0 Å². The number of amides is 1. The van der Waals surface area contributed by atoms with E-state index in [-0.39, 0.29) is 5.91 Å². The van der Waals surface area contributed by atoms with E-state index in [4.69, 9.17) is 14.2 Å². The minimum atomic E-state index is -0.429. The van der Waals surface area contributed by atoms with Crippen LogP contribution in [0.25, 0.3) is 0 Å². The predicted molar refractivity (Wildman–Crippen MR) is 112 cm³/mol. The zero-order valence-electron chi connectivity index (χ0n) is 18.0. The van der Waals surface area contributed by atoms with Crippen LogP contribution in [0.5, 0.6) is 11.5 Å². The van der Waals surface area contributed by atoms with Crippen molar-refractivity contribution in [3.05, 3.63) is 46.8 Å². The van der Waals surface area contributed by atoms with E-state index in [0.717, 1.165) is 31.1 Å². The maximum Gasteiger partial charge on any atom is 0.339 e. The number of methoxy groups -OCH3 is 2. The number of hydrogen-bond acceptors (Lipinski definition) is 6. The molecular formula is C22H29N3O5. The molecule has 1 N–H and O–H groups in total. The monoisotopic (exact) mass is 415 g/mol. The van der Waals surface area contributed by atoms with Crippen LogP contribution in [0.15, 0.2) is 24.3 Å². The minimum absolute atomic E-state index is 0.0834. The lowest BCUT2D eigenvalue weighted by molar-refractivity contribution is 0.0599. The molecule has 1 fully saturated rings. The Hall–Kier alpha value is -3.00. The lowest BCUT2D eigenvalue weighted by atomic mass is 10.1. The maximum absolute atomic E-state index is 12.9. The molecule has 0 spiro atoms. The van der Waals surface area contributed by atoms with Crippen molar-refractivity contribution in [3.63, 3.8) is 0 Å². The summed E-state index contributed by atoms with van der Waals surface area (Å²) in [5.41, 5.74) is 2.19. The standard InChI is InChI=1S/C22H29N3O5/c1-15-19(22(27)29-4)16(2)23-20(15)21(26)25-11-9-24(10-12-25)13-14-30-18-7-5-17(28-3)6-8-18/h5-8,23H,9-14H2,1-4H3. The number of carbonyl (C=O) groups excluding carboxylic acids is 2. The van der Waals surface area contributed by atoms with Gasteiger partial charge in [0.2, 0.25) is 0 Å². The van der Waals surface area contributed by atoms with Gasteiger partial charge in [-0.15, -0.1) is 0 Å². The number of nitrogens with zero attached hydrogens (tertiary/aromatic N) is 2. The van der Waals surface area contributed by atoms with Gasteiger partial charge in [-0.05, 0) is 43.7 Å². The Labute approximate surface area is 176 Å². The van der Waals surface area contributed by atoms with Gasteiger partial charge in [0, 0.05) is 38.4 Å². The van der Waals surface area contributed by atoms with Gasteiger partial charge < -0.3 is 24.1 Å². The van der Waals surface area contributed by atoms with Crippen molar-refractivity contribution in [2.45, 2.75) is 13.8 Å². The number of aromatic amines is 1. The Bertz CT molecular complexity index is 883. The molecule has 2 aromatic rings. The van der Waals surface area contributed by atoms with Crippen molar-refractivity contribution < 1.29 is 23.8 Å². The second kappa shape index (κ2) is 9.67. The largest absolute Gasteiger partial charge is 0.497 e. The first kappa shape index (κ1) is 21.7. The van der Waals surface area contributed by atoms with Gasteiger partial charge in [0.25, 0.3) is 5.91 Å². The second-order valence-corrected chi connectivity index (χ2v) is 7.27. The van der Waals surface area contributed by atoms with Crippen molar-refractivity contribution in [2.75, 3.05) is 53.6 Å². The van der Waals surface area contributed by atoms with E-state index in [1.165, 1.54) is 7.11 Å². The summed E-state index contributed by atoms with van der Waals surface area (Å²) in [6, 6.07) is 7.52. The highest BCUT2D eigenvalue weighted by Crippen LogP contribution is 2.21. The molecule has 1 saturated heterocycles. The van der Waals surface area contributed by atoms with Crippen LogP contribution in [-0.2, 0) is 4.74 Å². The molecule has 2 heterocycles. The van der Waals surface area contributed by atoms with Gasteiger partial charge in [0.1, 0.15) is 23.8 Å². The fourth-order valence-corrected chi connectivity index (χ4v) is 3.67. The Morgan fingerprint density at radius 2 is 1.63 bits per heavy atom. The van der Waals surface area contributed by atoms with Crippen LogP contribution in [0.2, 0.25) is 0 Å². The summed E-state index contributed by atoms with van der Waals surface area (Å²) in [5.74, 6) is 1.10. The van der Waals surface area contributed by atoms with Crippen LogP contribution in [-0.4, -0.2) is 80.2 Å². The number of ether oxygens (including phenoxy) is 3. The number of rotatable bonds is 7. The van der Waals surface area contributed by atoms with Crippen LogP contribution >= 0.6 is 0 Å². The average molecular weight is 415 g/mol. The van der Waals surface area contributed by atoms with Crippen LogP contribution in [0.1, 0.15) is 32.1 Å². The highest BCUT2D eigenvalue weighted by atomic mass is 16.5. The van der Waals surface area contributed by atoms with Gasteiger partial charge in [-0.3, -0.25) is 9.69 Å². The molecule has 1 aliphatic heterocycles. The lowest BCUT2D eigenvalue weighted by Gasteiger charge is -2.34. The summed E-state index contributed by atoms with van der Waals surface area (Å²) in [4.78, 5) is 32.1. The van der Waals surface area contributed by atoms with E-state index in [1.54, 1.807) is 21.0 Å². The van der Waals surface area contributed by atoms with E-state index < -0.39 is 5.97 Å². The summed E-state index contributed by atoms with van der Waals surface area (Å²) in [5, 5.41) is 0. The molecule has 30 heavy (non-hydrogen) atoms. The van der Waals surface area contributed by atoms with E-state index in [0.29, 0.717) is 42.2 Å². The molecule has 0 unspecified atom stereocenters. The first-order valence-corrected chi connectivity index (χ1v) is 10.0. The van der Waals surface area contributed by atoms with Gasteiger partial charge in [-0.2, -0.15) is 0 Å². The Morgan fingerprint density at radius 1 is 1.00 bits per heavy atom. The van der Waals surface area contributed by atoms with Crippen molar-refractivity contribution in [3.8, 4) is 11.5 Å². The maximum atomic E-state index is 12.9. The molecule has 0 aliphatic carbocycles. The Morgan fingerprint density at radius 3 is 2.23 bits per heavy atom. The summed E-state index contributed by atoms with van der Waals surface area (Å²) < 4.78 is 15.8. The van der Waals surface area contributed by atoms with Crippen LogP contribution in [0.3, 0.4) is 0 Å². The molecule has 1 aromatic carbocycles. The molecular weight excluding hydrogens is 386 g/mol. The lowest BCUT2D eigenvalue weighted by Crippen LogP contribution is -2.49. The van der Waals surface area contributed by atoms with Gasteiger partial charge in [-0.1, -0.05) is 0 Å². The summed E-state index contributed by atoms with van der Waals surface area (Å²) in [6.45, 7) is 7.74. The Balaban J connectivity index is 1.49. The summed E-state index contributed by atoms with van der Waals surface area (Å²) >= 11 is 0. The number of nitrogens with one attached hydrogen (secondary N) is 1. The van der Waals surface area contributed by atoms with E-state index >= 15 is 0 Å². The summed E-state index contributed by atoms with van der Waals surface area (Å²) in [7, 11) is 2.98.